The Labute approximate surface area is 180 Å². The van der Waals surface area contributed by atoms with Gasteiger partial charge in [-0.3, -0.25) is 0 Å². The molecule has 0 aromatic heterocycles. The fourth-order valence-corrected chi connectivity index (χ4v) is 7.20. The van der Waals surface area contributed by atoms with Crippen LogP contribution in [0.15, 0.2) is 8.80 Å². The second kappa shape index (κ2) is 12.6. The minimum atomic E-state index is -3.72. The molecule has 26 heavy (non-hydrogen) atoms. The van der Waals surface area contributed by atoms with Crippen LogP contribution in [0.4, 0.5) is 0 Å². The van der Waals surface area contributed by atoms with E-state index < -0.39 is 28.3 Å². The Morgan fingerprint density at radius 3 is 1.85 bits per heavy atom. The first kappa shape index (κ1) is 27.1. The first-order valence-electron chi connectivity index (χ1n) is 6.49. The van der Waals surface area contributed by atoms with Gasteiger partial charge < -0.3 is 0 Å². The van der Waals surface area contributed by atoms with Crippen LogP contribution in [-0.2, 0) is 28.3 Å². The summed E-state index contributed by atoms with van der Waals surface area (Å²) in [7, 11) is -1.55. The molecule has 2 heterocycles. The molecular weight excluding hydrogens is 531 g/mol. The van der Waals surface area contributed by atoms with E-state index in [0.29, 0.717) is 17.2 Å². The predicted octanol–water partition coefficient (Wildman–Crippen LogP) is 2.93. The van der Waals surface area contributed by atoms with Gasteiger partial charge in [-0.05, 0) is 19.1 Å². The van der Waals surface area contributed by atoms with Gasteiger partial charge in [0, 0.05) is 32.9 Å². The van der Waals surface area contributed by atoms with Crippen LogP contribution >= 0.6 is 68.3 Å². The van der Waals surface area contributed by atoms with Gasteiger partial charge in [0.1, 0.15) is 4.38 Å². The molecule has 0 fully saturated rings. The molecule has 0 aromatic carbocycles. The summed E-state index contributed by atoms with van der Waals surface area (Å²) in [6.07, 6.45) is 3.18. The molecule has 0 amide bonds. The number of nitrogens with zero attached hydrogens (tertiary/aromatic N) is 2. The maximum Gasteiger partial charge on any atom is 0.317 e. The molecule has 0 aromatic rings. The maximum absolute atomic E-state index is 11.0. The maximum atomic E-state index is 11.0. The second-order valence-corrected chi connectivity index (χ2v) is 15.2. The van der Waals surface area contributed by atoms with Crippen molar-refractivity contribution < 1.29 is 25.3 Å². The van der Waals surface area contributed by atoms with Crippen LogP contribution in [-0.4, -0.2) is 63.4 Å². The van der Waals surface area contributed by atoms with Gasteiger partial charge in [-0.2, -0.15) is 8.42 Å². The smallest absolute Gasteiger partial charge is 0.205 e. The molecule has 0 radical (unpaired) electrons. The Hall–Kier alpha value is 1.11. The van der Waals surface area contributed by atoms with Gasteiger partial charge in [-0.25, -0.2) is 16.8 Å². The van der Waals surface area contributed by atoms with Crippen LogP contribution in [0, 0.1) is 0 Å². The van der Waals surface area contributed by atoms with E-state index in [1.165, 1.54) is 35.3 Å². The molecule has 0 saturated heterocycles. The third-order valence-corrected chi connectivity index (χ3v) is 8.48. The van der Waals surface area contributed by atoms with Crippen molar-refractivity contribution >= 4 is 105 Å². The van der Waals surface area contributed by atoms with Gasteiger partial charge in [-0.15, -0.1) is 20.6 Å². The summed E-state index contributed by atoms with van der Waals surface area (Å²) in [5.41, 5.74) is 0. The Morgan fingerprint density at radius 1 is 0.962 bits per heavy atom. The SMILES string of the molecule is CSC1=NS(=O)(=O)CCCS1.O=S(=O)(Cl)Cl.O=S1(=O)CCCSC(Cl)=N1. The van der Waals surface area contributed by atoms with E-state index in [1.807, 2.05) is 6.26 Å². The summed E-state index contributed by atoms with van der Waals surface area (Å²) in [5.74, 6) is 1.92. The standard InChI is InChI=1S/C5H9NO2S3.C4H6ClNO2S2.Cl2O2S/c1-9-5-6-11(7,8)4-2-3-10-5;5-4-6-10(7,8)3-1-2-9-4;1-5(2,3)4/h2-4H2,1H3;1-3H2;. The van der Waals surface area contributed by atoms with Crippen LogP contribution in [0.5, 0.6) is 0 Å². The lowest BCUT2D eigenvalue weighted by atomic mass is 10.6. The highest BCUT2D eigenvalue weighted by Gasteiger charge is 2.15. The summed E-state index contributed by atoms with van der Waals surface area (Å²) in [6.45, 7) is 0. The molecule has 0 N–H and O–H groups in total. The highest BCUT2D eigenvalue weighted by atomic mass is 36.0. The Balaban J connectivity index is 0.000000387. The lowest BCUT2D eigenvalue weighted by Crippen LogP contribution is -2.01. The van der Waals surface area contributed by atoms with Crippen molar-refractivity contribution in [3.05, 3.63) is 0 Å². The number of halogens is 3. The lowest BCUT2D eigenvalue weighted by Gasteiger charge is -1.94. The van der Waals surface area contributed by atoms with Crippen molar-refractivity contribution in [2.24, 2.45) is 8.80 Å². The van der Waals surface area contributed by atoms with E-state index in [0.717, 1.165) is 11.5 Å². The highest BCUT2D eigenvalue weighted by Crippen LogP contribution is 2.21. The van der Waals surface area contributed by atoms with Gasteiger partial charge in [0.05, 0.1) is 11.5 Å². The summed E-state index contributed by atoms with van der Waals surface area (Å²) < 4.78 is 69.7. The molecule has 0 spiro atoms. The van der Waals surface area contributed by atoms with Gasteiger partial charge in [0.2, 0.25) is 0 Å². The molecule has 0 aliphatic carbocycles. The molecular formula is C9H15Cl3N2O6S6. The summed E-state index contributed by atoms with van der Waals surface area (Å²) in [6, 6.07) is 0. The molecule has 0 unspecified atom stereocenters. The molecule has 2 aliphatic rings. The normalized spacial score (nSPS) is 22.0. The fraction of sp³-hybridized carbons (Fsp3) is 0.778. The zero-order valence-electron chi connectivity index (χ0n) is 13.2. The molecule has 8 nitrogen and oxygen atoms in total. The summed E-state index contributed by atoms with van der Waals surface area (Å²) in [5, 5.41) is 0. The highest BCUT2D eigenvalue weighted by molar-refractivity contribution is 8.39. The van der Waals surface area contributed by atoms with E-state index >= 15 is 0 Å². The first-order chi connectivity index (χ1) is 11.7. The molecule has 17 heteroatoms. The van der Waals surface area contributed by atoms with E-state index in [9.17, 15) is 16.8 Å². The monoisotopic (exact) mass is 544 g/mol. The van der Waals surface area contributed by atoms with Crippen molar-refractivity contribution in [3.8, 4) is 0 Å². The topological polar surface area (TPSA) is 127 Å². The van der Waals surface area contributed by atoms with Gasteiger partial charge in [-0.1, -0.05) is 35.1 Å². The molecule has 2 rings (SSSR count). The van der Waals surface area contributed by atoms with Crippen LogP contribution in [0.3, 0.4) is 0 Å². The van der Waals surface area contributed by atoms with E-state index in [2.05, 4.69) is 30.2 Å². The molecule has 2 aliphatic heterocycles. The summed E-state index contributed by atoms with van der Waals surface area (Å²) in [4.78, 5) is 0. The minimum absolute atomic E-state index is 0.121. The number of hydrogen-bond donors (Lipinski definition) is 0. The number of sulfonamides is 2. The van der Waals surface area contributed by atoms with Crippen LogP contribution in [0.2, 0.25) is 0 Å². The van der Waals surface area contributed by atoms with E-state index in [4.69, 9.17) is 20.0 Å². The second-order valence-electron chi connectivity index (χ2n) is 4.26. The Kier molecular flexibility index (Phi) is 13.2. The van der Waals surface area contributed by atoms with Crippen molar-refractivity contribution in [2.45, 2.75) is 12.8 Å². The number of thioether (sulfide) groups is 3. The van der Waals surface area contributed by atoms with Crippen LogP contribution in [0.1, 0.15) is 12.8 Å². The zero-order chi connectivity index (χ0) is 20.4. The van der Waals surface area contributed by atoms with Crippen molar-refractivity contribution in [2.75, 3.05) is 29.3 Å². The van der Waals surface area contributed by atoms with E-state index in [1.54, 1.807) is 0 Å². The average molecular weight is 546 g/mol. The summed E-state index contributed by atoms with van der Waals surface area (Å²) >= 11 is 9.63. The molecule has 0 bridgehead atoms. The van der Waals surface area contributed by atoms with Crippen molar-refractivity contribution in [3.63, 3.8) is 0 Å². The molecule has 0 saturated carbocycles. The van der Waals surface area contributed by atoms with Gasteiger partial charge in [0.15, 0.2) is 4.50 Å². The molecule has 154 valence electrons. The third kappa shape index (κ3) is 17.2. The zero-order valence-corrected chi connectivity index (χ0v) is 20.3. The number of rotatable bonds is 0. The average Bonchev–Trinajstić information content (AvgIpc) is 2.71. The predicted molar refractivity (Wildman–Crippen MR) is 117 cm³/mol. The fourth-order valence-electron chi connectivity index (χ4n) is 1.26. The first-order valence-corrected chi connectivity index (χ1v) is 16.4. The van der Waals surface area contributed by atoms with Gasteiger partial charge in [0.25, 0.3) is 20.0 Å². The minimum Gasteiger partial charge on any atom is -0.205 e. The third-order valence-electron chi connectivity index (χ3n) is 2.14. The lowest BCUT2D eigenvalue weighted by molar-refractivity contribution is 0.595. The molecule has 0 atom stereocenters. The Bertz CT molecular complexity index is 816. The van der Waals surface area contributed by atoms with E-state index in [-0.39, 0.29) is 16.0 Å². The number of hydrogen-bond acceptors (Lipinski definition) is 9. The largest absolute Gasteiger partial charge is 0.317 e. The van der Waals surface area contributed by atoms with Crippen LogP contribution in [0.25, 0.3) is 0 Å². The Morgan fingerprint density at radius 2 is 1.38 bits per heavy atom. The quantitative estimate of drug-likeness (QED) is 0.422. The van der Waals surface area contributed by atoms with Crippen molar-refractivity contribution in [1.29, 1.82) is 0 Å². The van der Waals surface area contributed by atoms with Crippen molar-refractivity contribution in [1.82, 2.24) is 0 Å². The van der Waals surface area contributed by atoms with Gasteiger partial charge >= 0.3 is 8.26 Å². The van der Waals surface area contributed by atoms with Crippen LogP contribution < -0.4 is 0 Å².